The van der Waals surface area contributed by atoms with Crippen LogP contribution in [0.25, 0.3) is 0 Å². The van der Waals surface area contributed by atoms with E-state index in [2.05, 4.69) is 10.6 Å². The summed E-state index contributed by atoms with van der Waals surface area (Å²) in [5.74, 6) is 0.353. The number of benzene rings is 2. The SMILES string of the molecule is O=C(CNC(=O)c1ccc2c(c1)OCO2)Nc1ccccc1N1CCCC1=O. The topological polar surface area (TPSA) is 97.0 Å². The first-order valence-electron chi connectivity index (χ1n) is 8.99. The molecule has 0 spiro atoms. The van der Waals surface area contributed by atoms with Crippen LogP contribution in [0, 0.1) is 0 Å². The fourth-order valence-corrected chi connectivity index (χ4v) is 3.21. The summed E-state index contributed by atoms with van der Waals surface area (Å²) in [5, 5.41) is 5.34. The molecule has 2 heterocycles. The van der Waals surface area contributed by atoms with E-state index >= 15 is 0 Å². The standard InChI is InChI=1S/C20H19N3O5/c24-18(11-21-20(26)13-7-8-16-17(10-13)28-12-27-16)22-14-4-1-2-5-15(14)23-9-3-6-19(23)25/h1-2,4-5,7-8,10H,3,6,9,11-12H2,(H,21,26)(H,22,24). The molecule has 4 rings (SSSR count). The van der Waals surface area contributed by atoms with Crippen molar-refractivity contribution in [3.63, 3.8) is 0 Å². The summed E-state index contributed by atoms with van der Waals surface area (Å²) in [4.78, 5) is 38.3. The number of fused-ring (bicyclic) bond motifs is 1. The van der Waals surface area contributed by atoms with Crippen LogP contribution in [0.2, 0.25) is 0 Å². The van der Waals surface area contributed by atoms with E-state index in [1.807, 2.05) is 6.07 Å². The van der Waals surface area contributed by atoms with Crippen molar-refractivity contribution in [2.45, 2.75) is 12.8 Å². The maximum atomic E-state index is 12.3. The van der Waals surface area contributed by atoms with Gasteiger partial charge in [0, 0.05) is 18.5 Å². The van der Waals surface area contributed by atoms with E-state index in [1.165, 1.54) is 0 Å². The first kappa shape index (κ1) is 17.8. The van der Waals surface area contributed by atoms with Gasteiger partial charge in [0.05, 0.1) is 17.9 Å². The maximum absolute atomic E-state index is 12.3. The molecule has 0 radical (unpaired) electrons. The summed E-state index contributed by atoms with van der Waals surface area (Å²) in [7, 11) is 0. The molecule has 1 fully saturated rings. The average molecular weight is 381 g/mol. The zero-order valence-corrected chi connectivity index (χ0v) is 15.1. The molecular weight excluding hydrogens is 362 g/mol. The average Bonchev–Trinajstić information content (AvgIpc) is 3.34. The lowest BCUT2D eigenvalue weighted by molar-refractivity contribution is -0.117. The highest BCUT2D eigenvalue weighted by Crippen LogP contribution is 2.32. The van der Waals surface area contributed by atoms with Crippen molar-refractivity contribution >= 4 is 29.1 Å². The summed E-state index contributed by atoms with van der Waals surface area (Å²) >= 11 is 0. The lowest BCUT2D eigenvalue weighted by atomic mass is 10.2. The Kier molecular flexibility index (Phi) is 4.84. The Morgan fingerprint density at radius 1 is 1.07 bits per heavy atom. The second kappa shape index (κ2) is 7.59. The van der Waals surface area contributed by atoms with Gasteiger partial charge in [-0.2, -0.15) is 0 Å². The Balaban J connectivity index is 1.37. The van der Waals surface area contributed by atoms with Gasteiger partial charge in [-0.3, -0.25) is 14.4 Å². The van der Waals surface area contributed by atoms with Crippen molar-refractivity contribution < 1.29 is 23.9 Å². The molecule has 2 aliphatic rings. The number of rotatable bonds is 5. The molecule has 3 amide bonds. The number of carbonyl (C=O) groups excluding carboxylic acids is 3. The van der Waals surface area contributed by atoms with Crippen LogP contribution in [-0.2, 0) is 9.59 Å². The Hall–Kier alpha value is -3.55. The van der Waals surface area contributed by atoms with Crippen LogP contribution in [-0.4, -0.2) is 37.6 Å². The molecule has 8 nitrogen and oxygen atoms in total. The van der Waals surface area contributed by atoms with E-state index in [1.54, 1.807) is 41.3 Å². The van der Waals surface area contributed by atoms with Gasteiger partial charge in [-0.1, -0.05) is 12.1 Å². The molecule has 2 aliphatic heterocycles. The summed E-state index contributed by atoms with van der Waals surface area (Å²) in [6, 6.07) is 12.0. The molecule has 0 aromatic heterocycles. The fraction of sp³-hybridized carbons (Fsp3) is 0.250. The molecule has 2 aromatic rings. The van der Waals surface area contributed by atoms with Crippen LogP contribution in [0.5, 0.6) is 11.5 Å². The number of carbonyl (C=O) groups is 3. The van der Waals surface area contributed by atoms with E-state index in [0.717, 1.165) is 6.42 Å². The number of hydrogen-bond donors (Lipinski definition) is 2. The molecule has 8 heteroatoms. The predicted octanol–water partition coefficient (Wildman–Crippen LogP) is 1.91. The highest BCUT2D eigenvalue weighted by molar-refractivity contribution is 6.04. The van der Waals surface area contributed by atoms with Gasteiger partial charge in [-0.15, -0.1) is 0 Å². The van der Waals surface area contributed by atoms with Gasteiger partial charge in [0.1, 0.15) is 0 Å². The predicted molar refractivity (Wildman–Crippen MR) is 102 cm³/mol. The van der Waals surface area contributed by atoms with E-state index in [0.29, 0.717) is 41.4 Å². The molecule has 144 valence electrons. The smallest absolute Gasteiger partial charge is 0.251 e. The van der Waals surface area contributed by atoms with Gasteiger partial charge in [0.25, 0.3) is 5.91 Å². The highest BCUT2D eigenvalue weighted by atomic mass is 16.7. The quantitative estimate of drug-likeness (QED) is 0.825. The molecule has 2 aromatic carbocycles. The fourth-order valence-electron chi connectivity index (χ4n) is 3.21. The molecule has 0 saturated carbocycles. The van der Waals surface area contributed by atoms with E-state index in [9.17, 15) is 14.4 Å². The molecule has 0 unspecified atom stereocenters. The van der Waals surface area contributed by atoms with Crippen molar-refractivity contribution in [1.29, 1.82) is 0 Å². The Bertz CT molecular complexity index is 943. The first-order valence-corrected chi connectivity index (χ1v) is 8.99. The zero-order chi connectivity index (χ0) is 19.5. The van der Waals surface area contributed by atoms with E-state index in [4.69, 9.17) is 9.47 Å². The summed E-state index contributed by atoms with van der Waals surface area (Å²) in [6.45, 7) is 0.559. The summed E-state index contributed by atoms with van der Waals surface area (Å²) < 4.78 is 10.5. The second-order valence-corrected chi connectivity index (χ2v) is 6.46. The van der Waals surface area contributed by atoms with Crippen LogP contribution in [0.1, 0.15) is 23.2 Å². The molecule has 1 saturated heterocycles. The van der Waals surface area contributed by atoms with Gasteiger partial charge in [-0.25, -0.2) is 0 Å². The third kappa shape index (κ3) is 3.62. The van der Waals surface area contributed by atoms with Crippen LogP contribution in [0.4, 0.5) is 11.4 Å². The molecular formula is C20H19N3O5. The van der Waals surface area contributed by atoms with Crippen LogP contribution >= 0.6 is 0 Å². The molecule has 0 bridgehead atoms. The van der Waals surface area contributed by atoms with E-state index < -0.39 is 5.91 Å². The molecule has 28 heavy (non-hydrogen) atoms. The van der Waals surface area contributed by atoms with Crippen molar-refractivity contribution in [3.8, 4) is 11.5 Å². The number of amides is 3. The van der Waals surface area contributed by atoms with Crippen molar-refractivity contribution in [3.05, 3.63) is 48.0 Å². The van der Waals surface area contributed by atoms with Crippen LogP contribution in [0.15, 0.2) is 42.5 Å². The zero-order valence-electron chi connectivity index (χ0n) is 15.1. The Morgan fingerprint density at radius 3 is 2.71 bits per heavy atom. The Morgan fingerprint density at radius 2 is 1.89 bits per heavy atom. The minimum absolute atomic E-state index is 0.0396. The van der Waals surface area contributed by atoms with E-state index in [-0.39, 0.29) is 25.2 Å². The van der Waals surface area contributed by atoms with Crippen molar-refractivity contribution in [1.82, 2.24) is 5.32 Å². The lowest BCUT2D eigenvalue weighted by Crippen LogP contribution is -2.33. The molecule has 2 N–H and O–H groups in total. The van der Waals surface area contributed by atoms with Crippen molar-refractivity contribution in [2.75, 3.05) is 30.1 Å². The number of para-hydroxylation sites is 2. The van der Waals surface area contributed by atoms with Crippen LogP contribution in [0.3, 0.4) is 0 Å². The summed E-state index contributed by atoms with van der Waals surface area (Å²) in [5.41, 5.74) is 1.58. The normalized spacial score (nSPS) is 14.9. The molecule has 0 atom stereocenters. The number of anilines is 2. The molecule has 0 aliphatic carbocycles. The lowest BCUT2D eigenvalue weighted by Gasteiger charge is -2.20. The monoisotopic (exact) mass is 381 g/mol. The minimum Gasteiger partial charge on any atom is -0.454 e. The largest absolute Gasteiger partial charge is 0.454 e. The van der Waals surface area contributed by atoms with Gasteiger partial charge in [0.2, 0.25) is 18.6 Å². The number of ether oxygens (including phenoxy) is 2. The first-order chi connectivity index (χ1) is 13.6. The third-order valence-corrected chi connectivity index (χ3v) is 4.59. The number of nitrogens with one attached hydrogen (secondary N) is 2. The second-order valence-electron chi connectivity index (χ2n) is 6.46. The number of hydrogen-bond acceptors (Lipinski definition) is 5. The minimum atomic E-state index is -0.392. The van der Waals surface area contributed by atoms with Gasteiger partial charge in [0.15, 0.2) is 11.5 Å². The maximum Gasteiger partial charge on any atom is 0.251 e. The van der Waals surface area contributed by atoms with Gasteiger partial charge < -0.3 is 25.0 Å². The summed E-state index contributed by atoms with van der Waals surface area (Å²) in [6.07, 6.45) is 1.31. The van der Waals surface area contributed by atoms with Crippen LogP contribution < -0.4 is 25.0 Å². The van der Waals surface area contributed by atoms with Gasteiger partial charge in [-0.05, 0) is 36.8 Å². The van der Waals surface area contributed by atoms with Gasteiger partial charge >= 0.3 is 0 Å². The third-order valence-electron chi connectivity index (χ3n) is 4.59. The number of nitrogens with zero attached hydrogens (tertiary/aromatic N) is 1. The Labute approximate surface area is 161 Å². The van der Waals surface area contributed by atoms with Crippen molar-refractivity contribution in [2.24, 2.45) is 0 Å². The highest BCUT2D eigenvalue weighted by Gasteiger charge is 2.24.